The van der Waals surface area contributed by atoms with Crippen LogP contribution in [0.4, 0.5) is 21.9 Å². The Morgan fingerprint density at radius 3 is 2.26 bits per heavy atom. The van der Waals surface area contributed by atoms with Crippen LogP contribution in [-0.4, -0.2) is 44.1 Å². The summed E-state index contributed by atoms with van der Waals surface area (Å²) in [5, 5.41) is 1.58. The van der Waals surface area contributed by atoms with Gasteiger partial charge in [-0.3, -0.25) is 0 Å². The molecule has 38 heavy (non-hydrogen) atoms. The molecule has 4 rings (SSSR count). The number of para-hydroxylation sites is 1. The van der Waals surface area contributed by atoms with E-state index in [0.29, 0.717) is 46.0 Å². The number of carbonyl (C=O) groups is 1. The topological polar surface area (TPSA) is 57.6 Å². The summed E-state index contributed by atoms with van der Waals surface area (Å²) in [6, 6.07) is 18.8. The van der Waals surface area contributed by atoms with Crippen molar-refractivity contribution in [2.24, 2.45) is 4.74 Å². The average Bonchev–Trinajstić information content (AvgIpc) is 2.92. The van der Waals surface area contributed by atoms with Gasteiger partial charge in [-0.2, -0.15) is 0 Å². The minimum Gasteiger partial charge on any atom is -0.494 e. The van der Waals surface area contributed by atoms with Crippen molar-refractivity contribution in [2.45, 2.75) is 27.7 Å². The molecule has 7 nitrogen and oxygen atoms in total. The summed E-state index contributed by atoms with van der Waals surface area (Å²) < 4.78 is 21.0. The van der Waals surface area contributed by atoms with Crippen LogP contribution in [0.25, 0.3) is 0 Å². The predicted molar refractivity (Wildman–Crippen MR) is 160 cm³/mol. The van der Waals surface area contributed by atoms with Gasteiger partial charge >= 0.3 is 6.09 Å². The van der Waals surface area contributed by atoms with Crippen molar-refractivity contribution in [2.75, 3.05) is 42.9 Å². The van der Waals surface area contributed by atoms with Crippen molar-refractivity contribution in [3.05, 3.63) is 70.7 Å². The van der Waals surface area contributed by atoms with Gasteiger partial charge < -0.3 is 14.4 Å². The van der Waals surface area contributed by atoms with E-state index in [1.807, 2.05) is 36.4 Å². The molecule has 0 radical (unpaired) electrons. The largest absolute Gasteiger partial charge is 0.494 e. The molecule has 0 saturated carbocycles. The van der Waals surface area contributed by atoms with Crippen molar-refractivity contribution in [3.63, 3.8) is 0 Å². The molecule has 0 fully saturated rings. The van der Waals surface area contributed by atoms with E-state index in [4.69, 9.17) is 37.4 Å². The summed E-state index contributed by atoms with van der Waals surface area (Å²) in [6.07, 6.45) is -0.522. The molecule has 0 aliphatic carbocycles. The monoisotopic (exact) mass is 574 g/mol. The molecule has 1 unspecified atom stereocenters. The first kappa shape index (κ1) is 28.3. The smallest absolute Gasteiger partial charge is 0.425 e. The summed E-state index contributed by atoms with van der Waals surface area (Å²) in [7, 11) is -1.41. The molecule has 0 N–H and O–H groups in total. The number of rotatable bonds is 9. The highest BCUT2D eigenvalue weighted by molar-refractivity contribution is 7.74. The number of methoxy groups -OCH3 is 1. The van der Waals surface area contributed by atoms with Crippen molar-refractivity contribution in [3.8, 4) is 11.5 Å². The lowest BCUT2D eigenvalue weighted by Gasteiger charge is -2.46. The standard InChI is InChI=1S/C28H33Cl2N4O3P/c1-6-32(7-2)20-15-17-27-26(19-20)37-28(35)34(21-14-16-22(29)23(30)18-21)38(27,33(8-3)9-4)31-24-12-10-11-13-25(24)36-5/h10-19H,6-9H2,1-5H3. The summed E-state index contributed by atoms with van der Waals surface area (Å²) >= 11 is 12.7. The molecular weight excluding hydrogens is 542 g/mol. The Bertz CT molecular complexity index is 1380. The normalized spacial score (nSPS) is 16.7. The van der Waals surface area contributed by atoms with Crippen molar-refractivity contribution < 1.29 is 14.3 Å². The summed E-state index contributed by atoms with van der Waals surface area (Å²) in [5.41, 5.74) is 2.19. The highest BCUT2D eigenvalue weighted by atomic mass is 35.5. The van der Waals surface area contributed by atoms with Gasteiger partial charge in [-0.05, 0) is 56.3 Å². The van der Waals surface area contributed by atoms with Crippen molar-refractivity contribution in [1.82, 2.24) is 4.67 Å². The number of fused-ring (bicyclic) bond motifs is 1. The quantitative estimate of drug-likeness (QED) is 0.241. The summed E-state index contributed by atoms with van der Waals surface area (Å²) in [5.74, 6) is 1.13. The third-order valence-electron chi connectivity index (χ3n) is 6.65. The summed E-state index contributed by atoms with van der Waals surface area (Å²) in [6.45, 7) is 11.3. The molecule has 0 saturated heterocycles. The number of hydrogen-bond donors (Lipinski definition) is 0. The Morgan fingerprint density at radius 1 is 0.921 bits per heavy atom. The van der Waals surface area contributed by atoms with Crippen LogP contribution in [0.1, 0.15) is 27.7 Å². The lowest BCUT2D eigenvalue weighted by atomic mass is 10.2. The molecule has 3 aromatic carbocycles. The summed E-state index contributed by atoms with van der Waals surface area (Å²) in [4.78, 5) is 16.2. The molecule has 1 amide bonds. The number of hydrogen-bond acceptors (Lipinski definition) is 5. The van der Waals surface area contributed by atoms with Crippen molar-refractivity contribution in [1.29, 1.82) is 0 Å². The molecule has 202 valence electrons. The fraction of sp³-hybridized carbons (Fsp3) is 0.321. The van der Waals surface area contributed by atoms with Crippen LogP contribution < -0.4 is 24.3 Å². The molecule has 1 aliphatic heterocycles. The number of halogens is 2. The number of ether oxygens (including phenoxy) is 2. The highest BCUT2D eigenvalue weighted by Crippen LogP contribution is 2.63. The minimum absolute atomic E-state index is 0.342. The Morgan fingerprint density at radius 2 is 1.63 bits per heavy atom. The second-order valence-electron chi connectivity index (χ2n) is 8.58. The predicted octanol–water partition coefficient (Wildman–Crippen LogP) is 8.20. The van der Waals surface area contributed by atoms with Crippen LogP contribution in [0.5, 0.6) is 11.5 Å². The van der Waals surface area contributed by atoms with E-state index in [1.165, 1.54) is 0 Å². The number of carbonyl (C=O) groups excluding carboxylic acids is 1. The number of nitrogens with zero attached hydrogens (tertiary/aromatic N) is 4. The van der Waals surface area contributed by atoms with Gasteiger partial charge in [-0.15, -0.1) is 0 Å². The fourth-order valence-corrected chi connectivity index (χ4v) is 8.82. The van der Waals surface area contributed by atoms with E-state index < -0.39 is 13.4 Å². The first-order valence-corrected chi connectivity index (χ1v) is 15.1. The Hall–Kier alpha value is -2.70. The number of amides is 1. The zero-order chi connectivity index (χ0) is 27.4. The van der Waals surface area contributed by atoms with Gasteiger partial charge in [0.2, 0.25) is 0 Å². The van der Waals surface area contributed by atoms with Gasteiger partial charge in [0.05, 0.1) is 28.1 Å². The third kappa shape index (κ3) is 5.01. The van der Waals surface area contributed by atoms with E-state index in [2.05, 4.69) is 43.3 Å². The molecule has 0 bridgehead atoms. The van der Waals surface area contributed by atoms with E-state index in [0.717, 1.165) is 24.1 Å². The molecule has 1 heterocycles. The zero-order valence-corrected chi connectivity index (χ0v) is 24.7. The Kier molecular flexibility index (Phi) is 8.94. The van der Waals surface area contributed by atoms with Gasteiger partial charge in [0.1, 0.15) is 17.2 Å². The maximum atomic E-state index is 14.0. The Balaban J connectivity index is 2.14. The first-order chi connectivity index (χ1) is 18.3. The molecule has 1 aliphatic rings. The van der Waals surface area contributed by atoms with Crippen LogP contribution in [0, 0.1) is 0 Å². The van der Waals surface area contributed by atoms with Gasteiger partial charge in [-0.25, -0.2) is 18.9 Å². The molecule has 0 aromatic heterocycles. The van der Waals surface area contributed by atoms with Crippen LogP contribution >= 0.6 is 30.6 Å². The molecular formula is C28H33Cl2N4O3P. The average molecular weight is 575 g/mol. The van der Waals surface area contributed by atoms with E-state index in [1.54, 1.807) is 30.0 Å². The molecule has 1 atom stereocenters. The second kappa shape index (κ2) is 12.0. The van der Waals surface area contributed by atoms with Crippen LogP contribution in [0.15, 0.2) is 65.4 Å². The zero-order valence-electron chi connectivity index (χ0n) is 22.3. The van der Waals surface area contributed by atoms with Crippen LogP contribution in [0.2, 0.25) is 10.0 Å². The highest BCUT2D eigenvalue weighted by Gasteiger charge is 2.47. The van der Waals surface area contributed by atoms with Crippen LogP contribution in [0.3, 0.4) is 0 Å². The molecule has 0 spiro atoms. The van der Waals surface area contributed by atoms with E-state index in [-0.39, 0.29) is 0 Å². The molecule has 3 aromatic rings. The lowest BCUT2D eigenvalue weighted by molar-refractivity contribution is 0.210. The fourth-order valence-electron chi connectivity index (χ4n) is 4.78. The van der Waals surface area contributed by atoms with Gasteiger partial charge in [0.25, 0.3) is 0 Å². The first-order valence-electron chi connectivity index (χ1n) is 12.7. The van der Waals surface area contributed by atoms with Gasteiger partial charge in [0, 0.05) is 37.9 Å². The van der Waals surface area contributed by atoms with E-state index in [9.17, 15) is 4.79 Å². The number of benzene rings is 3. The van der Waals surface area contributed by atoms with Gasteiger partial charge in [-0.1, -0.05) is 49.2 Å². The SMILES string of the molecule is CCN(CC)c1ccc2c(c1)OC(=O)N(c1ccc(Cl)c(Cl)c1)P2(=Nc1ccccc1OC)N(CC)CC. The van der Waals surface area contributed by atoms with Crippen molar-refractivity contribution >= 4 is 59.0 Å². The second-order valence-corrected chi connectivity index (χ2v) is 12.2. The maximum Gasteiger partial charge on any atom is 0.425 e. The maximum absolute atomic E-state index is 14.0. The van der Waals surface area contributed by atoms with Gasteiger partial charge in [0.15, 0.2) is 7.36 Å². The van der Waals surface area contributed by atoms with E-state index >= 15 is 0 Å². The number of anilines is 2. The lowest BCUT2D eigenvalue weighted by Crippen LogP contribution is -2.46. The molecule has 10 heteroatoms. The van der Waals surface area contributed by atoms with Crippen LogP contribution in [-0.2, 0) is 0 Å². The Labute approximate surface area is 235 Å². The third-order valence-corrected chi connectivity index (χ3v) is 11.2. The minimum atomic E-state index is -3.03.